The van der Waals surface area contributed by atoms with Crippen LogP contribution < -0.4 is 16.2 Å². The number of ether oxygens (including phenoxy) is 1. The highest BCUT2D eigenvalue weighted by Crippen LogP contribution is 2.27. The van der Waals surface area contributed by atoms with Crippen LogP contribution >= 0.6 is 0 Å². The summed E-state index contributed by atoms with van der Waals surface area (Å²) in [5.74, 6) is -0.274. The molecule has 2 rings (SSSR count). The molecule has 1 aliphatic rings. The van der Waals surface area contributed by atoms with E-state index in [0.29, 0.717) is 30.0 Å². The lowest BCUT2D eigenvalue weighted by atomic mass is 9.92. The van der Waals surface area contributed by atoms with Crippen LogP contribution in [0.15, 0.2) is 18.2 Å². The first-order valence-corrected chi connectivity index (χ1v) is 6.97. The monoisotopic (exact) mass is 291 g/mol. The summed E-state index contributed by atoms with van der Waals surface area (Å²) in [6.07, 6.45) is 1.47. The lowest BCUT2D eigenvalue weighted by molar-refractivity contribution is -0.123. The molecule has 2 amide bonds. The Hall–Kier alpha value is -2.24. The normalized spacial score (nSPS) is 21.9. The predicted molar refractivity (Wildman–Crippen MR) is 79.8 cm³/mol. The van der Waals surface area contributed by atoms with Gasteiger partial charge in [-0.25, -0.2) is 0 Å². The molecule has 1 fully saturated rings. The summed E-state index contributed by atoms with van der Waals surface area (Å²) in [7, 11) is 1.53. The Morgan fingerprint density at radius 3 is 2.67 bits per heavy atom. The van der Waals surface area contributed by atoms with Crippen molar-refractivity contribution in [2.45, 2.75) is 25.8 Å². The Morgan fingerprint density at radius 2 is 2.05 bits per heavy atom. The quantitative estimate of drug-likeness (QED) is 0.812. The van der Waals surface area contributed by atoms with Crippen LogP contribution in [0.1, 0.15) is 30.1 Å². The first kappa shape index (κ1) is 15.2. The SMILES string of the molecule is COc1ccc(N)c(C(=O)N2CC(C(N)=O)CCC2C)c1. The Kier molecular flexibility index (Phi) is 4.35. The minimum Gasteiger partial charge on any atom is -0.497 e. The molecule has 0 aliphatic carbocycles. The molecule has 1 saturated heterocycles. The summed E-state index contributed by atoms with van der Waals surface area (Å²) in [5.41, 5.74) is 12.1. The summed E-state index contributed by atoms with van der Waals surface area (Å²) >= 11 is 0. The maximum absolute atomic E-state index is 12.7. The van der Waals surface area contributed by atoms with E-state index >= 15 is 0 Å². The van der Waals surface area contributed by atoms with E-state index in [0.717, 1.165) is 6.42 Å². The summed E-state index contributed by atoms with van der Waals surface area (Å²) in [4.78, 5) is 25.7. The Labute approximate surface area is 124 Å². The van der Waals surface area contributed by atoms with Gasteiger partial charge in [-0.1, -0.05) is 0 Å². The van der Waals surface area contributed by atoms with Crippen LogP contribution in [0.5, 0.6) is 5.75 Å². The van der Waals surface area contributed by atoms with E-state index in [1.165, 1.54) is 7.11 Å². The zero-order chi connectivity index (χ0) is 15.6. The second-order valence-corrected chi connectivity index (χ2v) is 5.44. The molecule has 2 unspecified atom stereocenters. The minimum atomic E-state index is -0.363. The number of hydrogen-bond acceptors (Lipinski definition) is 4. The van der Waals surface area contributed by atoms with Crippen molar-refractivity contribution in [3.8, 4) is 5.75 Å². The molecule has 6 heteroatoms. The van der Waals surface area contributed by atoms with Gasteiger partial charge in [0.15, 0.2) is 0 Å². The fourth-order valence-corrected chi connectivity index (χ4v) is 2.62. The topological polar surface area (TPSA) is 98.7 Å². The molecule has 114 valence electrons. The van der Waals surface area contributed by atoms with Crippen LogP contribution in [0.3, 0.4) is 0 Å². The third kappa shape index (κ3) is 3.09. The van der Waals surface area contributed by atoms with Crippen LogP contribution in [-0.4, -0.2) is 36.4 Å². The molecule has 0 radical (unpaired) electrons. The zero-order valence-electron chi connectivity index (χ0n) is 12.3. The molecular formula is C15H21N3O3. The number of anilines is 1. The van der Waals surface area contributed by atoms with Gasteiger partial charge in [-0.2, -0.15) is 0 Å². The van der Waals surface area contributed by atoms with Crippen molar-refractivity contribution < 1.29 is 14.3 Å². The third-order valence-corrected chi connectivity index (χ3v) is 4.04. The molecule has 1 aromatic rings. The van der Waals surface area contributed by atoms with Crippen LogP contribution in [0.4, 0.5) is 5.69 Å². The largest absolute Gasteiger partial charge is 0.497 e. The molecule has 1 aliphatic heterocycles. The number of primary amides is 1. The number of rotatable bonds is 3. The fourth-order valence-electron chi connectivity index (χ4n) is 2.62. The van der Waals surface area contributed by atoms with Crippen molar-refractivity contribution in [3.05, 3.63) is 23.8 Å². The van der Waals surface area contributed by atoms with E-state index in [1.54, 1.807) is 23.1 Å². The van der Waals surface area contributed by atoms with E-state index in [1.807, 2.05) is 6.92 Å². The first-order valence-electron chi connectivity index (χ1n) is 6.97. The van der Waals surface area contributed by atoms with Gasteiger partial charge < -0.3 is 21.1 Å². The number of amides is 2. The number of nitrogen functional groups attached to an aromatic ring is 1. The van der Waals surface area contributed by atoms with Gasteiger partial charge in [-0.05, 0) is 38.0 Å². The molecular weight excluding hydrogens is 270 g/mol. The van der Waals surface area contributed by atoms with Crippen molar-refractivity contribution in [1.82, 2.24) is 4.90 Å². The Balaban J connectivity index is 2.27. The van der Waals surface area contributed by atoms with Crippen LogP contribution in [0.25, 0.3) is 0 Å². The molecule has 2 atom stereocenters. The van der Waals surface area contributed by atoms with Crippen molar-refractivity contribution in [2.24, 2.45) is 11.7 Å². The van der Waals surface area contributed by atoms with E-state index in [9.17, 15) is 9.59 Å². The summed E-state index contributed by atoms with van der Waals surface area (Å²) < 4.78 is 5.13. The number of piperidine rings is 1. The third-order valence-electron chi connectivity index (χ3n) is 4.04. The van der Waals surface area contributed by atoms with Gasteiger partial charge in [0.1, 0.15) is 5.75 Å². The number of likely N-dealkylation sites (tertiary alicyclic amines) is 1. The number of carbonyl (C=O) groups excluding carboxylic acids is 2. The number of nitrogens with two attached hydrogens (primary N) is 2. The second-order valence-electron chi connectivity index (χ2n) is 5.44. The number of hydrogen-bond donors (Lipinski definition) is 2. The van der Waals surface area contributed by atoms with Gasteiger partial charge in [-0.3, -0.25) is 9.59 Å². The van der Waals surface area contributed by atoms with E-state index in [-0.39, 0.29) is 23.8 Å². The first-order chi connectivity index (χ1) is 9.93. The average molecular weight is 291 g/mol. The molecule has 1 heterocycles. The van der Waals surface area contributed by atoms with Gasteiger partial charge in [0.2, 0.25) is 5.91 Å². The molecule has 6 nitrogen and oxygen atoms in total. The van der Waals surface area contributed by atoms with E-state index in [4.69, 9.17) is 16.2 Å². The zero-order valence-corrected chi connectivity index (χ0v) is 12.3. The second kappa shape index (κ2) is 6.03. The van der Waals surface area contributed by atoms with Crippen LogP contribution in [0.2, 0.25) is 0 Å². The molecule has 21 heavy (non-hydrogen) atoms. The van der Waals surface area contributed by atoms with E-state index in [2.05, 4.69) is 0 Å². The van der Waals surface area contributed by atoms with Gasteiger partial charge in [0.05, 0.1) is 18.6 Å². The number of benzene rings is 1. The summed E-state index contributed by atoms with van der Waals surface area (Å²) in [5, 5.41) is 0. The lowest BCUT2D eigenvalue weighted by Gasteiger charge is -2.37. The van der Waals surface area contributed by atoms with Crippen molar-refractivity contribution in [1.29, 1.82) is 0 Å². The number of carbonyl (C=O) groups is 2. The standard InChI is InChI=1S/C15H21N3O3/c1-9-3-4-10(14(17)19)8-18(9)15(20)12-7-11(21-2)5-6-13(12)16/h5-7,9-10H,3-4,8,16H2,1-2H3,(H2,17,19). The Bertz CT molecular complexity index is 559. The molecule has 0 spiro atoms. The number of nitrogens with zero attached hydrogens (tertiary/aromatic N) is 1. The molecule has 4 N–H and O–H groups in total. The molecule has 1 aromatic carbocycles. The highest BCUT2D eigenvalue weighted by molar-refractivity contribution is 6.00. The van der Waals surface area contributed by atoms with Gasteiger partial charge in [-0.15, -0.1) is 0 Å². The molecule has 0 bridgehead atoms. The van der Waals surface area contributed by atoms with Crippen molar-refractivity contribution in [2.75, 3.05) is 19.4 Å². The van der Waals surface area contributed by atoms with Gasteiger partial charge in [0.25, 0.3) is 5.91 Å². The van der Waals surface area contributed by atoms with Crippen LogP contribution in [0, 0.1) is 5.92 Å². The Morgan fingerprint density at radius 1 is 1.33 bits per heavy atom. The summed E-state index contributed by atoms with van der Waals surface area (Å²) in [6, 6.07) is 5.03. The average Bonchev–Trinajstić information content (AvgIpc) is 2.47. The molecule has 0 saturated carbocycles. The number of methoxy groups -OCH3 is 1. The summed E-state index contributed by atoms with van der Waals surface area (Å²) in [6.45, 7) is 2.30. The molecule has 0 aromatic heterocycles. The van der Waals surface area contributed by atoms with Gasteiger partial charge in [0, 0.05) is 18.3 Å². The predicted octanol–water partition coefficient (Wildman–Crippen LogP) is 1.00. The lowest BCUT2D eigenvalue weighted by Crippen LogP contribution is -2.48. The maximum atomic E-state index is 12.7. The van der Waals surface area contributed by atoms with E-state index < -0.39 is 0 Å². The highest BCUT2D eigenvalue weighted by Gasteiger charge is 2.32. The van der Waals surface area contributed by atoms with Crippen molar-refractivity contribution in [3.63, 3.8) is 0 Å². The fraction of sp³-hybridized carbons (Fsp3) is 0.467. The van der Waals surface area contributed by atoms with Gasteiger partial charge >= 0.3 is 0 Å². The van der Waals surface area contributed by atoms with Crippen molar-refractivity contribution >= 4 is 17.5 Å². The highest BCUT2D eigenvalue weighted by atomic mass is 16.5. The van der Waals surface area contributed by atoms with Crippen LogP contribution in [-0.2, 0) is 4.79 Å². The smallest absolute Gasteiger partial charge is 0.256 e. The minimum absolute atomic E-state index is 0.0544. The maximum Gasteiger partial charge on any atom is 0.256 e.